The highest BCUT2D eigenvalue weighted by Gasteiger charge is 2.12. The first-order valence-electron chi connectivity index (χ1n) is 4.78. The van der Waals surface area contributed by atoms with Crippen LogP contribution in [0.25, 0.3) is 0 Å². The van der Waals surface area contributed by atoms with Gasteiger partial charge >= 0.3 is 0 Å². The van der Waals surface area contributed by atoms with Crippen molar-refractivity contribution in [2.24, 2.45) is 0 Å². The fourth-order valence-electron chi connectivity index (χ4n) is 1.09. The molecule has 0 saturated heterocycles. The maximum Gasteiger partial charge on any atom is 0.240 e. The van der Waals surface area contributed by atoms with E-state index in [-0.39, 0.29) is 10.9 Å². The third-order valence-corrected chi connectivity index (χ3v) is 3.40. The molecule has 0 amide bonds. The zero-order valence-electron chi connectivity index (χ0n) is 8.60. The van der Waals surface area contributed by atoms with E-state index in [2.05, 4.69) is 4.72 Å². The molecule has 1 atom stereocenters. The van der Waals surface area contributed by atoms with Crippen LogP contribution in [0.3, 0.4) is 0 Å². The highest BCUT2D eigenvalue weighted by Crippen LogP contribution is 2.06. The standard InChI is InChI=1S/C10H15N2O2S/c1-9(11)7-8-12-15(13,14)10-5-3-2-4-6-10/h2-6,9,11-12H,7-8H2,1H3. The zero-order valence-corrected chi connectivity index (χ0v) is 9.42. The van der Waals surface area contributed by atoms with Crippen molar-refractivity contribution in [1.82, 2.24) is 10.5 Å². The summed E-state index contributed by atoms with van der Waals surface area (Å²) >= 11 is 0. The minimum absolute atomic E-state index is 0.247. The van der Waals surface area contributed by atoms with Gasteiger partial charge in [0.05, 0.1) is 4.90 Å². The monoisotopic (exact) mass is 227 g/mol. The summed E-state index contributed by atoms with van der Waals surface area (Å²) in [6, 6.07) is 7.98. The molecule has 15 heavy (non-hydrogen) atoms. The van der Waals surface area contributed by atoms with Crippen molar-refractivity contribution in [2.45, 2.75) is 24.3 Å². The first-order chi connectivity index (χ1) is 7.02. The summed E-state index contributed by atoms with van der Waals surface area (Å²) < 4.78 is 25.7. The number of hydrogen-bond donors (Lipinski definition) is 1. The van der Waals surface area contributed by atoms with E-state index < -0.39 is 10.0 Å². The van der Waals surface area contributed by atoms with Crippen molar-refractivity contribution in [1.29, 1.82) is 0 Å². The summed E-state index contributed by atoms with van der Waals surface area (Å²) in [5.74, 6) is 0. The molecule has 0 fully saturated rings. The van der Waals surface area contributed by atoms with Gasteiger partial charge in [-0.25, -0.2) is 13.1 Å². The second-order valence-electron chi connectivity index (χ2n) is 3.40. The lowest BCUT2D eigenvalue weighted by molar-refractivity contribution is 0.569. The topological polar surface area (TPSA) is 70.0 Å². The minimum atomic E-state index is -3.39. The molecule has 0 aliphatic carbocycles. The van der Waals surface area contributed by atoms with Crippen LogP contribution in [0.5, 0.6) is 0 Å². The molecular formula is C10H15N2O2S. The molecule has 1 aromatic carbocycles. The summed E-state index contributed by atoms with van der Waals surface area (Å²) in [7, 11) is -3.39. The van der Waals surface area contributed by atoms with Gasteiger partial charge in [-0.3, -0.25) is 5.73 Å². The number of nitrogens with one attached hydrogen (secondary N) is 2. The van der Waals surface area contributed by atoms with Gasteiger partial charge in [0.25, 0.3) is 0 Å². The van der Waals surface area contributed by atoms with E-state index in [1.807, 2.05) is 0 Å². The van der Waals surface area contributed by atoms with E-state index in [0.29, 0.717) is 13.0 Å². The Kier molecular flexibility index (Phi) is 4.26. The van der Waals surface area contributed by atoms with Gasteiger partial charge in [0.2, 0.25) is 10.0 Å². The van der Waals surface area contributed by atoms with Gasteiger partial charge in [0, 0.05) is 12.6 Å². The molecular weight excluding hydrogens is 212 g/mol. The fourth-order valence-corrected chi connectivity index (χ4v) is 2.16. The Bertz CT molecular complexity index is 387. The van der Waals surface area contributed by atoms with E-state index in [1.54, 1.807) is 37.3 Å². The number of benzene rings is 1. The van der Waals surface area contributed by atoms with Crippen LogP contribution in [0.1, 0.15) is 13.3 Å². The van der Waals surface area contributed by atoms with Crippen molar-refractivity contribution in [2.75, 3.05) is 6.54 Å². The Morgan fingerprint density at radius 1 is 1.33 bits per heavy atom. The van der Waals surface area contributed by atoms with Gasteiger partial charge in [-0.15, -0.1) is 0 Å². The molecule has 2 N–H and O–H groups in total. The Balaban J connectivity index is 2.61. The highest BCUT2D eigenvalue weighted by molar-refractivity contribution is 7.89. The van der Waals surface area contributed by atoms with Crippen LogP contribution in [0.2, 0.25) is 0 Å². The molecule has 0 heterocycles. The van der Waals surface area contributed by atoms with Crippen molar-refractivity contribution in [3.63, 3.8) is 0 Å². The lowest BCUT2D eigenvalue weighted by Gasteiger charge is -2.07. The number of rotatable bonds is 5. The van der Waals surface area contributed by atoms with Crippen LogP contribution in [0, 0.1) is 0 Å². The maximum absolute atomic E-state index is 11.6. The lowest BCUT2D eigenvalue weighted by Crippen LogP contribution is -2.26. The molecule has 0 bridgehead atoms. The van der Waals surface area contributed by atoms with Gasteiger partial charge in [0.1, 0.15) is 0 Å². The molecule has 0 aromatic heterocycles. The van der Waals surface area contributed by atoms with E-state index >= 15 is 0 Å². The molecule has 1 rings (SSSR count). The molecule has 5 heteroatoms. The smallest absolute Gasteiger partial charge is 0.240 e. The maximum atomic E-state index is 11.6. The molecule has 0 saturated carbocycles. The second-order valence-corrected chi connectivity index (χ2v) is 5.17. The van der Waals surface area contributed by atoms with Crippen LogP contribution < -0.4 is 10.5 Å². The first-order valence-corrected chi connectivity index (χ1v) is 6.26. The van der Waals surface area contributed by atoms with E-state index in [4.69, 9.17) is 5.73 Å². The molecule has 0 aliphatic rings. The Morgan fingerprint density at radius 2 is 1.93 bits per heavy atom. The average molecular weight is 227 g/mol. The summed E-state index contributed by atoms with van der Waals surface area (Å²) in [5.41, 5.74) is 7.26. The van der Waals surface area contributed by atoms with Crippen LogP contribution in [0.4, 0.5) is 0 Å². The highest BCUT2D eigenvalue weighted by atomic mass is 32.2. The third kappa shape index (κ3) is 3.99. The molecule has 1 radical (unpaired) electrons. The van der Waals surface area contributed by atoms with Crippen molar-refractivity contribution in [3.8, 4) is 0 Å². The first kappa shape index (κ1) is 12.2. The minimum Gasteiger partial charge on any atom is -0.255 e. The van der Waals surface area contributed by atoms with Crippen LogP contribution >= 0.6 is 0 Å². The Labute approximate surface area is 90.5 Å². The van der Waals surface area contributed by atoms with Crippen molar-refractivity contribution >= 4 is 10.0 Å². The van der Waals surface area contributed by atoms with Gasteiger partial charge in [-0.05, 0) is 25.5 Å². The largest absolute Gasteiger partial charge is 0.255 e. The van der Waals surface area contributed by atoms with Gasteiger partial charge in [0.15, 0.2) is 0 Å². The van der Waals surface area contributed by atoms with Crippen molar-refractivity contribution < 1.29 is 8.42 Å². The average Bonchev–Trinajstić information content (AvgIpc) is 2.18. The van der Waals surface area contributed by atoms with Gasteiger partial charge in [-0.1, -0.05) is 18.2 Å². The zero-order chi connectivity index (χ0) is 11.3. The van der Waals surface area contributed by atoms with E-state index in [1.165, 1.54) is 0 Å². The summed E-state index contributed by atoms with van der Waals surface area (Å²) in [4.78, 5) is 0.266. The van der Waals surface area contributed by atoms with E-state index in [0.717, 1.165) is 0 Å². The summed E-state index contributed by atoms with van der Waals surface area (Å²) in [6.45, 7) is 2.04. The van der Waals surface area contributed by atoms with Crippen LogP contribution in [-0.4, -0.2) is 21.0 Å². The summed E-state index contributed by atoms with van der Waals surface area (Å²) in [5, 5.41) is 0. The molecule has 1 aromatic rings. The van der Waals surface area contributed by atoms with Crippen LogP contribution in [0.15, 0.2) is 35.2 Å². The quantitative estimate of drug-likeness (QED) is 0.816. The molecule has 0 aliphatic heterocycles. The van der Waals surface area contributed by atoms with E-state index in [9.17, 15) is 8.42 Å². The predicted molar refractivity (Wildman–Crippen MR) is 58.8 cm³/mol. The third-order valence-electron chi connectivity index (χ3n) is 1.92. The predicted octanol–water partition coefficient (Wildman–Crippen LogP) is 1.03. The summed E-state index contributed by atoms with van der Waals surface area (Å²) in [6.07, 6.45) is 0.520. The van der Waals surface area contributed by atoms with Gasteiger partial charge < -0.3 is 0 Å². The lowest BCUT2D eigenvalue weighted by atomic mass is 10.3. The molecule has 4 nitrogen and oxygen atoms in total. The second kappa shape index (κ2) is 5.25. The number of sulfonamides is 1. The van der Waals surface area contributed by atoms with Crippen molar-refractivity contribution in [3.05, 3.63) is 30.3 Å². The SMILES string of the molecule is CC([NH])CCNS(=O)(=O)c1ccccc1. The van der Waals surface area contributed by atoms with Gasteiger partial charge in [-0.2, -0.15) is 0 Å². The number of hydrogen-bond acceptors (Lipinski definition) is 2. The van der Waals surface area contributed by atoms with Crippen LogP contribution in [-0.2, 0) is 10.0 Å². The molecule has 0 spiro atoms. The Hall–Kier alpha value is -0.910. The normalized spacial score (nSPS) is 13.7. The fraction of sp³-hybridized carbons (Fsp3) is 0.400. The molecule has 1 unspecified atom stereocenters. The Morgan fingerprint density at radius 3 is 2.47 bits per heavy atom. The molecule has 83 valence electrons.